The van der Waals surface area contributed by atoms with Crippen molar-refractivity contribution in [2.75, 3.05) is 13.1 Å². The lowest BCUT2D eigenvalue weighted by atomic mass is 9.94. The molecule has 0 spiro atoms. The summed E-state index contributed by atoms with van der Waals surface area (Å²) >= 11 is 0. The van der Waals surface area contributed by atoms with Crippen LogP contribution in [0.2, 0.25) is 0 Å². The van der Waals surface area contributed by atoms with E-state index in [2.05, 4.69) is 42.8 Å². The molecular formula is C30H35N3O3. The summed E-state index contributed by atoms with van der Waals surface area (Å²) in [6.45, 7) is 11.8. The smallest absolute Gasteiger partial charge is 0.255 e. The predicted octanol–water partition coefficient (Wildman–Crippen LogP) is 4.26. The first-order chi connectivity index (χ1) is 17.3. The number of fused-ring (bicyclic) bond motifs is 2. The minimum atomic E-state index is -0.458. The molecule has 2 aromatic carbocycles. The van der Waals surface area contributed by atoms with Crippen molar-refractivity contribution in [3.05, 3.63) is 82.1 Å². The molecule has 1 atom stereocenters. The molecule has 0 aliphatic carbocycles. The van der Waals surface area contributed by atoms with Crippen LogP contribution in [0.4, 0.5) is 0 Å². The van der Waals surface area contributed by atoms with E-state index in [4.69, 9.17) is 0 Å². The number of Topliss-reactive ketones (excluding diaryl/α,β-unsaturated/α-hetero) is 1. The Morgan fingerprint density at radius 2 is 1.89 bits per heavy atom. The van der Waals surface area contributed by atoms with E-state index in [1.807, 2.05) is 24.3 Å². The predicted molar refractivity (Wildman–Crippen MR) is 140 cm³/mol. The molecule has 2 amide bonds. The number of amides is 2. The van der Waals surface area contributed by atoms with Gasteiger partial charge in [-0.2, -0.15) is 0 Å². The Balaban J connectivity index is 1.22. The fraction of sp³-hybridized carbons (Fsp3) is 0.433. The van der Waals surface area contributed by atoms with Crippen LogP contribution in [0.5, 0.6) is 0 Å². The number of carbonyl (C=O) groups excluding carboxylic acids is 3. The molecule has 1 fully saturated rings. The van der Waals surface area contributed by atoms with Crippen molar-refractivity contribution in [2.24, 2.45) is 5.92 Å². The summed E-state index contributed by atoms with van der Waals surface area (Å²) in [4.78, 5) is 42.5. The molecule has 0 radical (unpaired) electrons. The second-order valence-corrected chi connectivity index (χ2v) is 10.9. The summed E-state index contributed by atoms with van der Waals surface area (Å²) in [7, 11) is 0. The topological polar surface area (TPSA) is 69.7 Å². The van der Waals surface area contributed by atoms with Crippen molar-refractivity contribution in [3.8, 4) is 0 Å². The number of ketones is 1. The molecular weight excluding hydrogens is 450 g/mol. The third-order valence-electron chi connectivity index (χ3n) is 7.58. The van der Waals surface area contributed by atoms with Crippen LogP contribution in [-0.2, 0) is 30.7 Å². The number of nitrogens with one attached hydrogen (secondary N) is 1. The monoisotopic (exact) mass is 485 g/mol. The van der Waals surface area contributed by atoms with Crippen molar-refractivity contribution in [1.82, 2.24) is 15.1 Å². The van der Waals surface area contributed by atoms with E-state index in [1.165, 1.54) is 11.1 Å². The highest BCUT2D eigenvalue weighted by molar-refractivity contribution is 6.01. The van der Waals surface area contributed by atoms with Gasteiger partial charge in [-0.15, -0.1) is 0 Å². The lowest BCUT2D eigenvalue weighted by Crippen LogP contribution is -2.49. The van der Waals surface area contributed by atoms with E-state index in [0.717, 1.165) is 42.7 Å². The van der Waals surface area contributed by atoms with Crippen LogP contribution in [0.3, 0.4) is 0 Å². The van der Waals surface area contributed by atoms with E-state index >= 15 is 0 Å². The number of rotatable bonds is 7. The van der Waals surface area contributed by atoms with E-state index in [-0.39, 0.29) is 17.6 Å². The average molecular weight is 486 g/mol. The molecule has 5 rings (SSSR count). The fourth-order valence-corrected chi connectivity index (χ4v) is 5.73. The summed E-state index contributed by atoms with van der Waals surface area (Å²) in [6, 6.07) is 11.5. The molecule has 3 heterocycles. The normalized spacial score (nSPS) is 19.9. The first kappa shape index (κ1) is 24.4. The maximum absolute atomic E-state index is 13.0. The number of aryl methyl sites for hydroxylation is 1. The average Bonchev–Trinajstić information content (AvgIpc) is 3.17. The van der Waals surface area contributed by atoms with Crippen molar-refractivity contribution >= 4 is 17.6 Å². The molecule has 1 saturated heterocycles. The summed E-state index contributed by atoms with van der Waals surface area (Å²) < 4.78 is 0. The van der Waals surface area contributed by atoms with Gasteiger partial charge in [0.1, 0.15) is 6.04 Å². The fourth-order valence-electron chi connectivity index (χ4n) is 5.73. The minimum absolute atomic E-state index is 0.0964. The molecule has 3 aliphatic rings. The van der Waals surface area contributed by atoms with Gasteiger partial charge in [-0.05, 0) is 66.0 Å². The Bertz CT molecular complexity index is 1230. The molecule has 2 aromatic rings. The highest BCUT2D eigenvalue weighted by atomic mass is 16.2. The second kappa shape index (κ2) is 10.0. The van der Waals surface area contributed by atoms with Gasteiger partial charge in [0.25, 0.3) is 5.91 Å². The highest BCUT2D eigenvalue weighted by Crippen LogP contribution is 2.29. The number of hydrogen-bond acceptors (Lipinski definition) is 4. The van der Waals surface area contributed by atoms with Crippen LogP contribution in [0.25, 0.3) is 0 Å². The van der Waals surface area contributed by atoms with Crippen LogP contribution in [0.1, 0.15) is 76.1 Å². The number of benzene rings is 2. The van der Waals surface area contributed by atoms with Crippen LogP contribution >= 0.6 is 0 Å². The van der Waals surface area contributed by atoms with E-state index < -0.39 is 6.04 Å². The Morgan fingerprint density at radius 3 is 2.67 bits per heavy atom. The van der Waals surface area contributed by atoms with Crippen LogP contribution in [-0.4, -0.2) is 46.5 Å². The standard InChI is InChI=1S/C30H35N3O3/c1-19(2)16-32-13-12-22-7-8-23(15-24(22)17-32)28(34)11-6-21-5-9-26-25(14-21)18-33(30(26)36)27-10-4-20(3)31-29(27)35/h5,7-9,14-15,19,27H,3-4,6,10-13,16-18H2,1-2H3,(H,31,35). The van der Waals surface area contributed by atoms with Gasteiger partial charge in [-0.3, -0.25) is 19.3 Å². The lowest BCUT2D eigenvalue weighted by Gasteiger charge is -2.30. The van der Waals surface area contributed by atoms with Gasteiger partial charge in [-0.25, -0.2) is 0 Å². The first-order valence-corrected chi connectivity index (χ1v) is 13.1. The van der Waals surface area contributed by atoms with E-state index in [9.17, 15) is 14.4 Å². The molecule has 6 heteroatoms. The quantitative estimate of drug-likeness (QED) is 0.595. The second-order valence-electron chi connectivity index (χ2n) is 10.9. The zero-order chi connectivity index (χ0) is 25.4. The van der Waals surface area contributed by atoms with Gasteiger partial charge in [0.15, 0.2) is 5.78 Å². The summed E-state index contributed by atoms with van der Waals surface area (Å²) in [6.07, 6.45) is 3.38. The van der Waals surface area contributed by atoms with E-state index in [1.54, 1.807) is 4.90 Å². The summed E-state index contributed by atoms with van der Waals surface area (Å²) in [5, 5.41) is 2.78. The van der Waals surface area contributed by atoms with Crippen LogP contribution in [0, 0.1) is 5.92 Å². The Labute approximate surface area is 213 Å². The molecule has 36 heavy (non-hydrogen) atoms. The van der Waals surface area contributed by atoms with E-state index in [0.29, 0.717) is 49.4 Å². The zero-order valence-electron chi connectivity index (χ0n) is 21.3. The number of nitrogens with zero attached hydrogens (tertiary/aromatic N) is 2. The number of hydrogen-bond donors (Lipinski definition) is 1. The van der Waals surface area contributed by atoms with Crippen molar-refractivity contribution < 1.29 is 14.4 Å². The highest BCUT2D eigenvalue weighted by Gasteiger charge is 2.38. The third-order valence-corrected chi connectivity index (χ3v) is 7.58. The Morgan fingerprint density at radius 1 is 1.06 bits per heavy atom. The van der Waals surface area contributed by atoms with Gasteiger partial charge in [0.2, 0.25) is 5.91 Å². The number of allylic oxidation sites excluding steroid dienone is 1. The van der Waals surface area contributed by atoms with Crippen molar-refractivity contribution in [2.45, 2.75) is 65.1 Å². The summed E-state index contributed by atoms with van der Waals surface area (Å²) in [5.41, 5.74) is 6.75. The number of carbonyl (C=O) groups is 3. The van der Waals surface area contributed by atoms with Crippen LogP contribution in [0.15, 0.2) is 48.7 Å². The molecule has 188 valence electrons. The molecule has 0 aromatic heterocycles. The van der Waals surface area contributed by atoms with Gasteiger partial charge in [-0.1, -0.05) is 44.7 Å². The molecule has 1 unspecified atom stereocenters. The van der Waals surface area contributed by atoms with Crippen LogP contribution < -0.4 is 5.32 Å². The SMILES string of the molecule is C=C1CCC(N2Cc3cc(CCC(=O)c4ccc5c(c4)CN(CC(C)C)CC5)ccc3C2=O)C(=O)N1. The maximum Gasteiger partial charge on any atom is 0.255 e. The molecule has 6 nitrogen and oxygen atoms in total. The largest absolute Gasteiger partial charge is 0.329 e. The Hall–Kier alpha value is -3.25. The van der Waals surface area contributed by atoms with Gasteiger partial charge in [0.05, 0.1) is 0 Å². The van der Waals surface area contributed by atoms with Gasteiger partial charge >= 0.3 is 0 Å². The van der Waals surface area contributed by atoms with Gasteiger partial charge < -0.3 is 10.2 Å². The lowest BCUT2D eigenvalue weighted by molar-refractivity contribution is -0.126. The molecule has 3 aliphatic heterocycles. The van der Waals surface area contributed by atoms with Gasteiger partial charge in [0, 0.05) is 49.4 Å². The minimum Gasteiger partial charge on any atom is -0.329 e. The molecule has 0 saturated carbocycles. The maximum atomic E-state index is 13.0. The molecule has 1 N–H and O–H groups in total. The number of piperidine rings is 1. The summed E-state index contributed by atoms with van der Waals surface area (Å²) in [5.74, 6) is 0.526. The third kappa shape index (κ3) is 5.00. The van der Waals surface area contributed by atoms with Crippen molar-refractivity contribution in [3.63, 3.8) is 0 Å². The first-order valence-electron chi connectivity index (χ1n) is 13.1. The molecule has 0 bridgehead atoms. The van der Waals surface area contributed by atoms with Crippen molar-refractivity contribution in [1.29, 1.82) is 0 Å². The Kier molecular flexibility index (Phi) is 6.80. The zero-order valence-corrected chi connectivity index (χ0v) is 21.3.